The van der Waals surface area contributed by atoms with Gasteiger partial charge in [0.15, 0.2) is 0 Å². The first kappa shape index (κ1) is 22.0. The summed E-state index contributed by atoms with van der Waals surface area (Å²) < 4.78 is 42.7. The van der Waals surface area contributed by atoms with Gasteiger partial charge in [0.1, 0.15) is 0 Å². The van der Waals surface area contributed by atoms with Gasteiger partial charge in [-0.05, 0) is 37.1 Å². The summed E-state index contributed by atoms with van der Waals surface area (Å²) in [7, 11) is 0. The number of hydrogen-bond donors (Lipinski definition) is 1. The molecule has 1 saturated heterocycles. The molecule has 4 rings (SSSR count). The van der Waals surface area contributed by atoms with Crippen molar-refractivity contribution in [2.75, 3.05) is 13.1 Å². The van der Waals surface area contributed by atoms with E-state index in [1.807, 2.05) is 36.1 Å². The van der Waals surface area contributed by atoms with Crippen LogP contribution in [0.5, 0.6) is 0 Å². The Bertz CT molecular complexity index is 1090. The van der Waals surface area contributed by atoms with Crippen LogP contribution >= 0.6 is 0 Å². The van der Waals surface area contributed by atoms with Crippen molar-refractivity contribution >= 4 is 5.91 Å². The first-order valence-corrected chi connectivity index (χ1v) is 10.3. The van der Waals surface area contributed by atoms with E-state index in [4.69, 9.17) is 0 Å². The number of hydrogen-bond acceptors (Lipinski definition) is 5. The van der Waals surface area contributed by atoms with Gasteiger partial charge in [-0.15, -0.1) is 0 Å². The van der Waals surface area contributed by atoms with E-state index in [1.54, 1.807) is 18.2 Å². The van der Waals surface area contributed by atoms with Crippen LogP contribution in [0, 0.1) is 5.92 Å². The third-order valence-corrected chi connectivity index (χ3v) is 5.80. The lowest BCUT2D eigenvalue weighted by Gasteiger charge is -2.38. The number of halogens is 3. The average molecular weight is 444 g/mol. The second kappa shape index (κ2) is 8.74. The van der Waals surface area contributed by atoms with Crippen molar-refractivity contribution < 1.29 is 22.5 Å². The highest BCUT2D eigenvalue weighted by Crippen LogP contribution is 2.35. The Balaban J connectivity index is 1.57. The van der Waals surface area contributed by atoms with Crippen LogP contribution in [-0.4, -0.2) is 40.1 Å². The van der Waals surface area contributed by atoms with Crippen molar-refractivity contribution in [3.63, 3.8) is 0 Å². The zero-order valence-electron chi connectivity index (χ0n) is 17.5. The fraction of sp³-hybridized carbons (Fsp3) is 0.348. The number of benzene rings is 1. The molecular weight excluding hydrogens is 421 g/mol. The molecule has 2 aliphatic rings. The molecule has 168 valence electrons. The number of rotatable bonds is 5. The van der Waals surface area contributed by atoms with Crippen LogP contribution in [0.15, 0.2) is 59.2 Å². The second-order valence-electron chi connectivity index (χ2n) is 7.85. The smallest absolute Gasteiger partial charge is 0.331 e. The second-order valence-corrected chi connectivity index (χ2v) is 7.85. The Kier molecular flexibility index (Phi) is 6.01. The molecule has 1 aromatic heterocycles. The van der Waals surface area contributed by atoms with Crippen molar-refractivity contribution in [2.45, 2.75) is 32.1 Å². The third-order valence-electron chi connectivity index (χ3n) is 5.80. The first-order valence-electron chi connectivity index (χ1n) is 10.3. The maximum Gasteiger partial charge on any atom is 0.471 e. The SMILES string of the molecule is C=C(/C=C\C=C/C)[C@H]1CNCCC1N1Cc2ccc(-c3noc(C(F)(F)F)n3)cc2C1=O. The van der Waals surface area contributed by atoms with E-state index < -0.39 is 12.1 Å². The number of amides is 1. The Morgan fingerprint density at radius 1 is 1.34 bits per heavy atom. The van der Waals surface area contributed by atoms with E-state index in [9.17, 15) is 18.0 Å². The number of carbonyl (C=O) groups is 1. The van der Waals surface area contributed by atoms with Crippen LogP contribution in [0.1, 0.15) is 35.2 Å². The molecule has 3 heterocycles. The highest BCUT2D eigenvalue weighted by Gasteiger charge is 2.40. The van der Waals surface area contributed by atoms with E-state index >= 15 is 0 Å². The van der Waals surface area contributed by atoms with Gasteiger partial charge < -0.3 is 14.7 Å². The molecule has 1 amide bonds. The molecule has 32 heavy (non-hydrogen) atoms. The highest BCUT2D eigenvalue weighted by molar-refractivity contribution is 5.99. The van der Waals surface area contributed by atoms with Crippen LogP contribution < -0.4 is 5.32 Å². The molecule has 2 atom stereocenters. The Morgan fingerprint density at radius 2 is 2.16 bits per heavy atom. The number of nitrogens with one attached hydrogen (secondary N) is 1. The summed E-state index contributed by atoms with van der Waals surface area (Å²) >= 11 is 0. The van der Waals surface area contributed by atoms with E-state index in [2.05, 4.69) is 26.6 Å². The molecule has 0 bridgehead atoms. The lowest BCUT2D eigenvalue weighted by atomic mass is 9.86. The maximum absolute atomic E-state index is 13.3. The molecule has 1 unspecified atom stereocenters. The third kappa shape index (κ3) is 4.25. The van der Waals surface area contributed by atoms with E-state index in [0.717, 1.165) is 30.6 Å². The summed E-state index contributed by atoms with van der Waals surface area (Å²) in [5.74, 6) is -1.70. The van der Waals surface area contributed by atoms with Crippen LogP contribution in [0.25, 0.3) is 11.4 Å². The van der Waals surface area contributed by atoms with Gasteiger partial charge in [0.05, 0.1) is 0 Å². The van der Waals surface area contributed by atoms with Crippen LogP contribution in [0.2, 0.25) is 0 Å². The molecule has 0 aliphatic carbocycles. The van der Waals surface area contributed by atoms with Gasteiger partial charge >= 0.3 is 12.1 Å². The first-order chi connectivity index (χ1) is 15.3. The molecule has 0 spiro atoms. The summed E-state index contributed by atoms with van der Waals surface area (Å²) in [6.45, 7) is 8.10. The predicted octanol–water partition coefficient (Wildman–Crippen LogP) is 4.38. The standard InChI is InChI=1S/C23H23F3N4O2/c1-3-4-5-6-14(2)18-12-27-10-9-19(18)30-13-16-8-7-15(11-17(16)21(30)31)20-28-22(32-29-20)23(24,25)26/h3-8,11,18-19,27H,2,9-10,12-13H2,1H3/b4-3-,6-5-/t18-,19?/m1/s1. The zero-order chi connectivity index (χ0) is 22.9. The molecule has 9 heteroatoms. The van der Waals surface area contributed by atoms with Gasteiger partial charge in [-0.3, -0.25) is 4.79 Å². The van der Waals surface area contributed by atoms with Crippen molar-refractivity contribution in [1.29, 1.82) is 0 Å². The van der Waals surface area contributed by atoms with Gasteiger partial charge in [0.2, 0.25) is 5.82 Å². The van der Waals surface area contributed by atoms with Gasteiger partial charge in [0.25, 0.3) is 5.91 Å². The van der Waals surface area contributed by atoms with Gasteiger partial charge in [0, 0.05) is 36.2 Å². The van der Waals surface area contributed by atoms with Crippen LogP contribution in [-0.2, 0) is 12.7 Å². The van der Waals surface area contributed by atoms with Crippen molar-refractivity contribution in [3.8, 4) is 11.4 Å². The molecule has 2 aromatic rings. The Labute approximate surface area is 183 Å². The van der Waals surface area contributed by atoms with Crippen molar-refractivity contribution in [1.82, 2.24) is 20.4 Å². The molecule has 1 aromatic carbocycles. The normalized spacial score (nSPS) is 21.6. The fourth-order valence-corrected chi connectivity index (χ4v) is 4.20. The van der Waals surface area contributed by atoms with Crippen molar-refractivity contribution in [3.05, 3.63) is 71.7 Å². The number of carbonyl (C=O) groups excluding carboxylic acids is 1. The van der Waals surface area contributed by atoms with Crippen molar-refractivity contribution in [2.24, 2.45) is 5.92 Å². The number of alkyl halides is 3. The minimum atomic E-state index is -4.72. The zero-order valence-corrected chi connectivity index (χ0v) is 17.5. The van der Waals surface area contributed by atoms with Crippen LogP contribution in [0.4, 0.5) is 13.2 Å². The van der Waals surface area contributed by atoms with Crippen LogP contribution in [0.3, 0.4) is 0 Å². The minimum Gasteiger partial charge on any atom is -0.331 e. The van der Waals surface area contributed by atoms with E-state index in [-0.39, 0.29) is 23.7 Å². The molecule has 1 fully saturated rings. The summed E-state index contributed by atoms with van der Waals surface area (Å²) in [5.41, 5.74) is 2.52. The molecular formula is C23H23F3N4O2. The van der Waals surface area contributed by atoms with Gasteiger partial charge in [-0.25, -0.2) is 0 Å². The Morgan fingerprint density at radius 3 is 2.88 bits per heavy atom. The average Bonchev–Trinajstić information content (AvgIpc) is 3.39. The fourth-order valence-electron chi connectivity index (χ4n) is 4.20. The quantitative estimate of drug-likeness (QED) is 0.694. The Hall–Kier alpha value is -3.20. The molecule has 2 aliphatic heterocycles. The molecule has 6 nitrogen and oxygen atoms in total. The number of nitrogens with zero attached hydrogens (tertiary/aromatic N) is 3. The number of allylic oxidation sites excluding steroid dienone is 4. The topological polar surface area (TPSA) is 71.3 Å². The van der Waals surface area contributed by atoms with Gasteiger partial charge in [-0.2, -0.15) is 18.2 Å². The predicted molar refractivity (Wildman–Crippen MR) is 112 cm³/mol. The maximum atomic E-state index is 13.3. The summed E-state index contributed by atoms with van der Waals surface area (Å²) in [5, 5.41) is 6.79. The largest absolute Gasteiger partial charge is 0.471 e. The summed E-state index contributed by atoms with van der Waals surface area (Å²) in [6.07, 6.45) is 3.82. The van der Waals surface area contributed by atoms with Gasteiger partial charge in [-0.1, -0.05) is 48.2 Å². The molecule has 1 N–H and O–H groups in total. The lowest BCUT2D eigenvalue weighted by Crippen LogP contribution is -2.50. The summed E-state index contributed by atoms with van der Waals surface area (Å²) in [6, 6.07) is 4.87. The highest BCUT2D eigenvalue weighted by atomic mass is 19.4. The monoisotopic (exact) mass is 444 g/mol. The van der Waals surface area contributed by atoms with E-state index in [1.165, 1.54) is 0 Å². The van der Waals surface area contributed by atoms with E-state index in [0.29, 0.717) is 17.7 Å². The number of fused-ring (bicyclic) bond motifs is 1. The number of piperidine rings is 1. The lowest BCUT2D eigenvalue weighted by molar-refractivity contribution is -0.159. The summed E-state index contributed by atoms with van der Waals surface area (Å²) in [4.78, 5) is 18.5. The minimum absolute atomic E-state index is 0.0237. The molecule has 0 saturated carbocycles. The number of aromatic nitrogens is 2. The molecule has 0 radical (unpaired) electrons.